The average Bonchev–Trinajstić information content (AvgIpc) is 2.86. The van der Waals surface area contributed by atoms with Gasteiger partial charge < -0.3 is 10.0 Å². The van der Waals surface area contributed by atoms with Crippen LogP contribution in [0.4, 0.5) is 0 Å². The molecule has 0 bridgehead atoms. The van der Waals surface area contributed by atoms with E-state index in [1.54, 1.807) is 12.1 Å². The number of nitrogens with zero attached hydrogens (tertiary/aromatic N) is 2. The number of halogens is 1. The molecule has 1 aliphatic heterocycles. The number of rotatable bonds is 2. The predicted octanol–water partition coefficient (Wildman–Crippen LogP) is 3.54. The molecule has 4 nitrogen and oxygen atoms in total. The number of hydrogen-bond acceptors (Lipinski definition) is 4. The number of likely N-dealkylation sites (tertiary alicyclic amines) is 1. The maximum absolute atomic E-state index is 12.6. The molecule has 0 unspecified atom stereocenters. The maximum atomic E-state index is 12.6. The highest BCUT2D eigenvalue weighted by Gasteiger charge is 2.36. The van der Waals surface area contributed by atoms with Crippen molar-refractivity contribution in [3.05, 3.63) is 50.4 Å². The summed E-state index contributed by atoms with van der Waals surface area (Å²) >= 11 is 7.34. The summed E-state index contributed by atoms with van der Waals surface area (Å²) in [6.45, 7) is 4.84. The molecule has 1 aromatic heterocycles. The van der Waals surface area contributed by atoms with E-state index in [0.29, 0.717) is 35.8 Å². The summed E-state index contributed by atoms with van der Waals surface area (Å²) in [5.74, 6) is 0.0197. The summed E-state index contributed by atoms with van der Waals surface area (Å²) in [7, 11) is 0. The minimum atomic E-state index is -0.889. The Balaban J connectivity index is 1.71. The lowest BCUT2D eigenvalue weighted by Crippen LogP contribution is -2.45. The second kappa shape index (κ2) is 6.23. The van der Waals surface area contributed by atoms with Crippen LogP contribution < -0.4 is 0 Å². The van der Waals surface area contributed by atoms with Gasteiger partial charge in [0.1, 0.15) is 4.88 Å². The van der Waals surface area contributed by atoms with Gasteiger partial charge >= 0.3 is 0 Å². The van der Waals surface area contributed by atoms with E-state index in [9.17, 15) is 9.90 Å². The summed E-state index contributed by atoms with van der Waals surface area (Å²) in [6.07, 6.45) is 1.05. The fraction of sp³-hybridized carbons (Fsp3) is 0.412. The first-order valence-corrected chi connectivity index (χ1v) is 8.80. The Bertz CT molecular complexity index is 719. The van der Waals surface area contributed by atoms with Crippen LogP contribution in [0.15, 0.2) is 24.3 Å². The molecule has 0 spiro atoms. The smallest absolute Gasteiger partial charge is 0.265 e. The monoisotopic (exact) mass is 350 g/mol. The number of piperidine rings is 1. The van der Waals surface area contributed by atoms with Gasteiger partial charge in [-0.2, -0.15) is 0 Å². The van der Waals surface area contributed by atoms with Crippen molar-refractivity contribution in [3.8, 4) is 0 Å². The Labute approximate surface area is 144 Å². The molecule has 1 aliphatic rings. The number of carbonyl (C=O) groups excluding carboxylic acids is 1. The van der Waals surface area contributed by atoms with Gasteiger partial charge in [-0.05, 0) is 44.4 Å². The number of carbonyl (C=O) groups is 1. The van der Waals surface area contributed by atoms with Crippen LogP contribution in [0.1, 0.15) is 38.8 Å². The van der Waals surface area contributed by atoms with E-state index in [1.165, 1.54) is 11.3 Å². The first-order valence-electron chi connectivity index (χ1n) is 7.61. The van der Waals surface area contributed by atoms with Gasteiger partial charge in [0.2, 0.25) is 0 Å². The van der Waals surface area contributed by atoms with Crippen molar-refractivity contribution in [2.24, 2.45) is 0 Å². The van der Waals surface area contributed by atoms with Crippen LogP contribution in [0, 0.1) is 13.8 Å². The molecule has 0 atom stereocenters. The summed E-state index contributed by atoms with van der Waals surface area (Å²) in [5, 5.41) is 12.4. The summed E-state index contributed by atoms with van der Waals surface area (Å²) in [5.41, 5.74) is 0.759. The first kappa shape index (κ1) is 16.4. The number of hydrogen-bond donors (Lipinski definition) is 1. The quantitative estimate of drug-likeness (QED) is 0.901. The third kappa shape index (κ3) is 3.27. The largest absolute Gasteiger partial charge is 0.385 e. The second-order valence-corrected chi connectivity index (χ2v) is 7.62. The molecule has 122 valence electrons. The highest BCUT2D eigenvalue weighted by atomic mass is 35.5. The predicted molar refractivity (Wildman–Crippen MR) is 92.1 cm³/mol. The lowest BCUT2D eigenvalue weighted by atomic mass is 9.84. The molecule has 0 aliphatic carbocycles. The van der Waals surface area contributed by atoms with Crippen LogP contribution in [-0.2, 0) is 5.60 Å². The molecule has 1 fully saturated rings. The fourth-order valence-corrected chi connectivity index (χ4v) is 4.02. The Morgan fingerprint density at radius 1 is 1.26 bits per heavy atom. The van der Waals surface area contributed by atoms with Gasteiger partial charge in [-0.3, -0.25) is 4.79 Å². The normalized spacial score (nSPS) is 17.3. The van der Waals surface area contributed by atoms with Crippen molar-refractivity contribution in [2.45, 2.75) is 32.3 Å². The number of benzene rings is 1. The number of aromatic nitrogens is 1. The van der Waals surface area contributed by atoms with Gasteiger partial charge in [-0.25, -0.2) is 4.98 Å². The lowest BCUT2D eigenvalue weighted by molar-refractivity contribution is -0.0210. The van der Waals surface area contributed by atoms with Gasteiger partial charge in [0.25, 0.3) is 5.91 Å². The van der Waals surface area contributed by atoms with E-state index in [4.69, 9.17) is 11.6 Å². The zero-order valence-electron chi connectivity index (χ0n) is 13.2. The van der Waals surface area contributed by atoms with Gasteiger partial charge in [0.05, 0.1) is 16.3 Å². The molecule has 1 saturated heterocycles. The second-order valence-electron chi connectivity index (χ2n) is 5.98. The highest BCUT2D eigenvalue weighted by Crippen LogP contribution is 2.34. The molecule has 1 amide bonds. The Morgan fingerprint density at radius 3 is 2.39 bits per heavy atom. The molecule has 1 aromatic carbocycles. The van der Waals surface area contributed by atoms with Crippen molar-refractivity contribution >= 4 is 28.8 Å². The van der Waals surface area contributed by atoms with E-state index in [1.807, 2.05) is 30.9 Å². The molecule has 3 rings (SSSR count). The lowest BCUT2D eigenvalue weighted by Gasteiger charge is -2.38. The molecule has 0 saturated carbocycles. The standard InChI is InChI=1S/C17H19ClN2O2S/c1-11-15(23-12(2)19-11)16(21)20-9-7-17(22,8-10-20)13-3-5-14(18)6-4-13/h3-6,22H,7-10H2,1-2H3. The van der Waals surface area contributed by atoms with Crippen LogP contribution >= 0.6 is 22.9 Å². The zero-order chi connectivity index (χ0) is 16.6. The SMILES string of the molecule is Cc1nc(C)c(C(=O)N2CCC(O)(c3ccc(Cl)cc3)CC2)s1. The van der Waals surface area contributed by atoms with Crippen molar-refractivity contribution < 1.29 is 9.90 Å². The maximum Gasteiger partial charge on any atom is 0.265 e. The number of aryl methyl sites for hydroxylation is 2. The van der Waals surface area contributed by atoms with Crippen molar-refractivity contribution in [1.29, 1.82) is 0 Å². The van der Waals surface area contributed by atoms with Crippen molar-refractivity contribution in [1.82, 2.24) is 9.88 Å². The molecule has 2 heterocycles. The molecule has 2 aromatic rings. The minimum absolute atomic E-state index is 0.0197. The number of thiazole rings is 1. The minimum Gasteiger partial charge on any atom is -0.385 e. The van der Waals surface area contributed by atoms with E-state index in [-0.39, 0.29) is 5.91 Å². The summed E-state index contributed by atoms with van der Waals surface area (Å²) in [4.78, 5) is 19.5. The van der Waals surface area contributed by atoms with Gasteiger partial charge in [0, 0.05) is 18.1 Å². The van der Waals surface area contributed by atoms with Crippen molar-refractivity contribution in [3.63, 3.8) is 0 Å². The first-order chi connectivity index (χ1) is 10.9. The topological polar surface area (TPSA) is 53.4 Å². The van der Waals surface area contributed by atoms with Crippen LogP contribution in [0.5, 0.6) is 0 Å². The van der Waals surface area contributed by atoms with Gasteiger partial charge in [-0.15, -0.1) is 11.3 Å². The molecule has 23 heavy (non-hydrogen) atoms. The van der Waals surface area contributed by atoms with Crippen LogP contribution in [0.3, 0.4) is 0 Å². The highest BCUT2D eigenvalue weighted by molar-refractivity contribution is 7.13. The fourth-order valence-electron chi connectivity index (χ4n) is 3.00. The third-order valence-corrected chi connectivity index (χ3v) is 5.67. The van der Waals surface area contributed by atoms with Crippen LogP contribution in [0.2, 0.25) is 5.02 Å². The molecule has 6 heteroatoms. The zero-order valence-corrected chi connectivity index (χ0v) is 14.7. The Kier molecular flexibility index (Phi) is 4.45. The molecule has 0 radical (unpaired) electrons. The van der Waals surface area contributed by atoms with E-state index in [2.05, 4.69) is 4.98 Å². The van der Waals surface area contributed by atoms with Gasteiger partial charge in [-0.1, -0.05) is 23.7 Å². The number of aliphatic hydroxyl groups is 1. The summed E-state index contributed by atoms with van der Waals surface area (Å²) in [6, 6.07) is 7.29. The molecular weight excluding hydrogens is 332 g/mol. The number of amides is 1. The van der Waals surface area contributed by atoms with E-state index in [0.717, 1.165) is 16.3 Å². The molecular formula is C17H19ClN2O2S. The van der Waals surface area contributed by atoms with E-state index < -0.39 is 5.60 Å². The molecule has 1 N–H and O–H groups in total. The van der Waals surface area contributed by atoms with Crippen LogP contribution in [-0.4, -0.2) is 34.0 Å². The van der Waals surface area contributed by atoms with Crippen LogP contribution in [0.25, 0.3) is 0 Å². The van der Waals surface area contributed by atoms with Gasteiger partial charge in [0.15, 0.2) is 0 Å². The Hall–Kier alpha value is -1.43. The third-order valence-electron chi connectivity index (χ3n) is 4.36. The Morgan fingerprint density at radius 2 is 1.87 bits per heavy atom. The van der Waals surface area contributed by atoms with Crippen molar-refractivity contribution in [2.75, 3.05) is 13.1 Å². The van der Waals surface area contributed by atoms with E-state index >= 15 is 0 Å². The average molecular weight is 351 g/mol. The summed E-state index contributed by atoms with van der Waals surface area (Å²) < 4.78 is 0.